The Hall–Kier alpha value is -1.65. The molecule has 0 radical (unpaired) electrons. The number of hydrogen-bond acceptors (Lipinski definition) is 4. The maximum absolute atomic E-state index is 5.75. The number of ether oxygens (including phenoxy) is 1. The molecule has 96 valence electrons. The van der Waals surface area contributed by atoms with Gasteiger partial charge in [0.05, 0.1) is 12.7 Å². The van der Waals surface area contributed by atoms with Crippen LogP contribution >= 0.6 is 0 Å². The molecule has 2 rings (SSSR count). The van der Waals surface area contributed by atoms with E-state index in [2.05, 4.69) is 17.3 Å². The zero-order valence-corrected chi connectivity index (χ0v) is 10.5. The molecule has 1 aromatic heterocycles. The van der Waals surface area contributed by atoms with E-state index in [0.717, 1.165) is 17.9 Å². The highest BCUT2D eigenvalue weighted by atomic mass is 16.5. The molecule has 1 heterocycles. The minimum Gasteiger partial charge on any atom is -0.370 e. The Labute approximate surface area is 107 Å². The van der Waals surface area contributed by atoms with Gasteiger partial charge < -0.3 is 15.0 Å². The summed E-state index contributed by atoms with van der Waals surface area (Å²) in [5.41, 5.74) is 7.75. The lowest BCUT2D eigenvalue weighted by molar-refractivity contribution is 0.0434. The van der Waals surface area contributed by atoms with Gasteiger partial charge in [0.2, 0.25) is 0 Å². The molecule has 0 amide bonds. The average molecular weight is 246 g/mol. The fourth-order valence-electron chi connectivity index (χ4n) is 1.78. The van der Waals surface area contributed by atoms with Gasteiger partial charge in [-0.2, -0.15) is 0 Å². The molecular weight excluding hydrogens is 228 g/mol. The predicted molar refractivity (Wildman–Crippen MR) is 69.0 cm³/mol. The molecule has 0 aliphatic heterocycles. The SMILES string of the molecule is Cc1cc(COC(CN)Cc2ccccc2)no1. The summed E-state index contributed by atoms with van der Waals surface area (Å²) >= 11 is 0. The summed E-state index contributed by atoms with van der Waals surface area (Å²) in [5, 5.41) is 3.89. The van der Waals surface area contributed by atoms with Crippen molar-refractivity contribution in [2.24, 2.45) is 5.73 Å². The molecule has 2 aromatic rings. The summed E-state index contributed by atoms with van der Waals surface area (Å²) in [6.07, 6.45) is 0.818. The predicted octanol–water partition coefficient (Wildman–Crippen LogP) is 2.07. The van der Waals surface area contributed by atoms with Crippen molar-refractivity contribution < 1.29 is 9.26 Å². The second kappa shape index (κ2) is 6.33. The molecule has 1 unspecified atom stereocenters. The quantitative estimate of drug-likeness (QED) is 0.847. The first kappa shape index (κ1) is 12.8. The van der Waals surface area contributed by atoms with Crippen LogP contribution in [0.3, 0.4) is 0 Å². The van der Waals surface area contributed by atoms with Gasteiger partial charge in [0, 0.05) is 12.6 Å². The van der Waals surface area contributed by atoms with E-state index in [0.29, 0.717) is 13.2 Å². The van der Waals surface area contributed by atoms with Crippen LogP contribution in [0.2, 0.25) is 0 Å². The normalized spacial score (nSPS) is 12.6. The summed E-state index contributed by atoms with van der Waals surface area (Å²) < 4.78 is 10.7. The van der Waals surface area contributed by atoms with Crippen molar-refractivity contribution in [2.45, 2.75) is 26.1 Å². The fourth-order valence-corrected chi connectivity index (χ4v) is 1.78. The Kier molecular flexibility index (Phi) is 4.50. The summed E-state index contributed by atoms with van der Waals surface area (Å²) in [6.45, 7) is 2.79. The van der Waals surface area contributed by atoms with E-state index in [1.54, 1.807) is 0 Å². The molecule has 0 aliphatic rings. The molecule has 0 bridgehead atoms. The summed E-state index contributed by atoms with van der Waals surface area (Å²) in [5.74, 6) is 0.793. The van der Waals surface area contributed by atoms with Crippen LogP contribution in [0.4, 0.5) is 0 Å². The van der Waals surface area contributed by atoms with Crippen LogP contribution in [0, 0.1) is 6.92 Å². The van der Waals surface area contributed by atoms with Crippen LogP contribution in [-0.4, -0.2) is 17.8 Å². The van der Waals surface area contributed by atoms with Crippen LogP contribution in [0.5, 0.6) is 0 Å². The highest BCUT2D eigenvalue weighted by molar-refractivity contribution is 5.15. The molecule has 1 atom stereocenters. The molecule has 18 heavy (non-hydrogen) atoms. The smallest absolute Gasteiger partial charge is 0.134 e. The summed E-state index contributed by atoms with van der Waals surface area (Å²) in [7, 11) is 0. The van der Waals surface area contributed by atoms with Crippen molar-refractivity contribution >= 4 is 0 Å². The van der Waals surface area contributed by atoms with Gasteiger partial charge in [-0.1, -0.05) is 35.5 Å². The van der Waals surface area contributed by atoms with E-state index in [-0.39, 0.29) is 6.10 Å². The zero-order valence-electron chi connectivity index (χ0n) is 10.5. The Bertz CT molecular complexity index is 468. The first-order valence-corrected chi connectivity index (χ1v) is 6.05. The second-order valence-electron chi connectivity index (χ2n) is 4.29. The summed E-state index contributed by atoms with van der Waals surface area (Å²) in [4.78, 5) is 0. The lowest BCUT2D eigenvalue weighted by Crippen LogP contribution is -2.26. The summed E-state index contributed by atoms with van der Waals surface area (Å²) in [6, 6.07) is 12.1. The average Bonchev–Trinajstić information content (AvgIpc) is 2.81. The minimum atomic E-state index is 0.00408. The van der Waals surface area contributed by atoms with Crippen molar-refractivity contribution in [1.29, 1.82) is 0 Å². The topological polar surface area (TPSA) is 61.3 Å². The van der Waals surface area contributed by atoms with E-state index in [1.807, 2.05) is 31.2 Å². The van der Waals surface area contributed by atoms with E-state index >= 15 is 0 Å². The number of rotatable bonds is 6. The van der Waals surface area contributed by atoms with Gasteiger partial charge in [0.25, 0.3) is 0 Å². The highest BCUT2D eigenvalue weighted by Crippen LogP contribution is 2.09. The number of hydrogen-bond donors (Lipinski definition) is 1. The standard InChI is InChI=1S/C14H18N2O2/c1-11-7-13(16-18-11)10-17-14(9-15)8-12-5-3-2-4-6-12/h2-7,14H,8-10,15H2,1H3. The minimum absolute atomic E-state index is 0.00408. The number of benzene rings is 1. The van der Waals surface area contributed by atoms with Gasteiger partial charge in [-0.15, -0.1) is 0 Å². The third-order valence-corrected chi connectivity index (χ3v) is 2.71. The van der Waals surface area contributed by atoms with Crippen molar-refractivity contribution in [3.63, 3.8) is 0 Å². The Morgan fingerprint density at radius 3 is 2.72 bits per heavy atom. The molecule has 0 spiro atoms. The maximum Gasteiger partial charge on any atom is 0.134 e. The maximum atomic E-state index is 5.75. The zero-order chi connectivity index (χ0) is 12.8. The molecule has 1 aromatic carbocycles. The highest BCUT2D eigenvalue weighted by Gasteiger charge is 2.09. The van der Waals surface area contributed by atoms with E-state index < -0.39 is 0 Å². The van der Waals surface area contributed by atoms with Gasteiger partial charge in [0.15, 0.2) is 0 Å². The Morgan fingerprint density at radius 2 is 2.11 bits per heavy atom. The third-order valence-electron chi connectivity index (χ3n) is 2.71. The number of nitrogens with zero attached hydrogens (tertiary/aromatic N) is 1. The van der Waals surface area contributed by atoms with Crippen LogP contribution in [0.1, 0.15) is 17.0 Å². The van der Waals surface area contributed by atoms with Gasteiger partial charge in [-0.3, -0.25) is 0 Å². The largest absolute Gasteiger partial charge is 0.370 e. The van der Waals surface area contributed by atoms with Gasteiger partial charge in [0.1, 0.15) is 11.5 Å². The molecule has 2 N–H and O–H groups in total. The van der Waals surface area contributed by atoms with Crippen molar-refractivity contribution in [3.05, 3.63) is 53.4 Å². The number of aryl methyl sites for hydroxylation is 1. The van der Waals surface area contributed by atoms with Crippen LogP contribution in [-0.2, 0) is 17.8 Å². The number of nitrogens with two attached hydrogens (primary N) is 1. The van der Waals surface area contributed by atoms with Crippen LogP contribution in [0.15, 0.2) is 40.9 Å². The molecule has 0 saturated carbocycles. The molecular formula is C14H18N2O2. The van der Waals surface area contributed by atoms with Crippen LogP contribution < -0.4 is 5.73 Å². The van der Waals surface area contributed by atoms with Crippen molar-refractivity contribution in [3.8, 4) is 0 Å². The van der Waals surface area contributed by atoms with Gasteiger partial charge in [-0.05, 0) is 18.9 Å². The Balaban J connectivity index is 1.86. The molecule has 4 nitrogen and oxygen atoms in total. The molecule has 0 fully saturated rings. The van der Waals surface area contributed by atoms with Gasteiger partial charge in [-0.25, -0.2) is 0 Å². The first-order chi connectivity index (χ1) is 8.78. The van der Waals surface area contributed by atoms with Gasteiger partial charge >= 0.3 is 0 Å². The fraction of sp³-hybridized carbons (Fsp3) is 0.357. The molecule has 0 aliphatic carbocycles. The second-order valence-corrected chi connectivity index (χ2v) is 4.29. The van der Waals surface area contributed by atoms with Crippen LogP contribution in [0.25, 0.3) is 0 Å². The van der Waals surface area contributed by atoms with E-state index in [1.165, 1.54) is 5.56 Å². The first-order valence-electron chi connectivity index (χ1n) is 6.05. The van der Waals surface area contributed by atoms with E-state index in [9.17, 15) is 0 Å². The molecule has 0 saturated heterocycles. The third kappa shape index (κ3) is 3.68. The lowest BCUT2D eigenvalue weighted by Gasteiger charge is -2.15. The van der Waals surface area contributed by atoms with E-state index in [4.69, 9.17) is 15.0 Å². The molecule has 4 heteroatoms. The number of aromatic nitrogens is 1. The Morgan fingerprint density at radius 1 is 1.33 bits per heavy atom. The van der Waals surface area contributed by atoms with Crippen molar-refractivity contribution in [2.75, 3.05) is 6.54 Å². The monoisotopic (exact) mass is 246 g/mol. The van der Waals surface area contributed by atoms with Crippen molar-refractivity contribution in [1.82, 2.24) is 5.16 Å². The lowest BCUT2D eigenvalue weighted by atomic mass is 10.1.